The van der Waals surface area contributed by atoms with Crippen LogP contribution in [-0.4, -0.2) is 66.7 Å². The van der Waals surface area contributed by atoms with E-state index in [0.717, 1.165) is 12.1 Å². The molecule has 0 fully saturated rings. The second kappa shape index (κ2) is 10.8. The van der Waals surface area contributed by atoms with Crippen LogP contribution < -0.4 is 4.74 Å². The van der Waals surface area contributed by atoms with Crippen LogP contribution in [0.15, 0.2) is 17.2 Å². The van der Waals surface area contributed by atoms with E-state index in [0.29, 0.717) is 19.8 Å². The summed E-state index contributed by atoms with van der Waals surface area (Å²) < 4.78 is 15.6. The lowest BCUT2D eigenvalue weighted by atomic mass is 10.3. The molecule has 2 N–H and O–H groups in total. The SMILES string of the molecule is [N-]=[N+]=NCCOCCOCCOc1cc(C(=O)O)nc(C(=O)O)c1. The molecule has 0 amide bonds. The van der Waals surface area contributed by atoms with Gasteiger partial charge in [-0.05, 0) is 5.53 Å². The minimum Gasteiger partial charge on any atom is -0.491 e. The Labute approximate surface area is 136 Å². The van der Waals surface area contributed by atoms with Crippen molar-refractivity contribution in [3.05, 3.63) is 34.0 Å². The number of carboxylic acids is 2. The van der Waals surface area contributed by atoms with Gasteiger partial charge in [0.05, 0.1) is 26.4 Å². The lowest BCUT2D eigenvalue weighted by Gasteiger charge is -2.08. The number of ether oxygens (including phenoxy) is 3. The number of pyridine rings is 1. The summed E-state index contributed by atoms with van der Waals surface area (Å²) in [5, 5.41) is 21.1. The third kappa shape index (κ3) is 7.40. The monoisotopic (exact) mass is 340 g/mol. The third-order valence-corrected chi connectivity index (χ3v) is 2.50. The van der Waals surface area contributed by atoms with Crippen LogP contribution in [0.1, 0.15) is 21.0 Å². The minimum atomic E-state index is -1.35. The largest absolute Gasteiger partial charge is 0.491 e. The standard InChI is InChI=1S/C13H16N4O7/c14-17-15-1-2-22-3-4-23-5-6-24-9-7-10(12(18)19)16-11(8-9)13(20)21/h7-8H,1-6H2,(H,18,19)(H,20,21). The highest BCUT2D eigenvalue weighted by Crippen LogP contribution is 2.14. The summed E-state index contributed by atoms with van der Waals surface area (Å²) >= 11 is 0. The van der Waals surface area contributed by atoms with Gasteiger partial charge >= 0.3 is 11.9 Å². The number of aromatic nitrogens is 1. The smallest absolute Gasteiger partial charge is 0.354 e. The van der Waals surface area contributed by atoms with E-state index >= 15 is 0 Å². The first-order valence-corrected chi connectivity index (χ1v) is 6.82. The molecule has 1 aromatic rings. The second-order valence-electron chi connectivity index (χ2n) is 4.21. The van der Waals surface area contributed by atoms with Crippen molar-refractivity contribution in [2.75, 3.05) is 39.6 Å². The molecule has 11 heteroatoms. The van der Waals surface area contributed by atoms with E-state index < -0.39 is 23.3 Å². The predicted octanol–water partition coefficient (Wildman–Crippen LogP) is 1.20. The third-order valence-electron chi connectivity index (χ3n) is 2.50. The quantitative estimate of drug-likeness (QED) is 0.248. The van der Waals surface area contributed by atoms with Gasteiger partial charge in [-0.1, -0.05) is 5.11 Å². The van der Waals surface area contributed by atoms with Crippen molar-refractivity contribution in [1.82, 2.24) is 4.98 Å². The average molecular weight is 340 g/mol. The van der Waals surface area contributed by atoms with Crippen molar-refractivity contribution in [2.45, 2.75) is 0 Å². The summed E-state index contributed by atoms with van der Waals surface area (Å²) in [5.74, 6) is -2.62. The molecule has 1 aromatic heterocycles. The molecule has 0 radical (unpaired) electrons. The van der Waals surface area contributed by atoms with E-state index in [1.807, 2.05) is 0 Å². The normalized spacial score (nSPS) is 10.0. The van der Waals surface area contributed by atoms with Crippen LogP contribution in [0.2, 0.25) is 0 Å². The Morgan fingerprint density at radius 1 is 1.04 bits per heavy atom. The number of rotatable bonds is 12. The molecule has 0 unspecified atom stereocenters. The number of hydrogen-bond acceptors (Lipinski definition) is 7. The molecule has 0 aliphatic heterocycles. The van der Waals surface area contributed by atoms with Crippen LogP contribution in [0.3, 0.4) is 0 Å². The summed E-state index contributed by atoms with van der Waals surface area (Å²) in [6.07, 6.45) is 0. The van der Waals surface area contributed by atoms with Crippen LogP contribution in [-0.2, 0) is 9.47 Å². The van der Waals surface area contributed by atoms with E-state index in [1.165, 1.54) is 0 Å². The fourth-order valence-corrected chi connectivity index (χ4v) is 1.50. The van der Waals surface area contributed by atoms with Gasteiger partial charge < -0.3 is 24.4 Å². The molecule has 0 aromatic carbocycles. The van der Waals surface area contributed by atoms with Gasteiger partial charge in [0.2, 0.25) is 0 Å². The zero-order valence-corrected chi connectivity index (χ0v) is 12.6. The van der Waals surface area contributed by atoms with E-state index in [1.54, 1.807) is 0 Å². The molecule has 0 bridgehead atoms. The van der Waals surface area contributed by atoms with E-state index in [9.17, 15) is 9.59 Å². The Kier molecular flexibility index (Phi) is 8.61. The van der Waals surface area contributed by atoms with E-state index in [-0.39, 0.29) is 25.5 Å². The van der Waals surface area contributed by atoms with Gasteiger partial charge in [-0.25, -0.2) is 14.6 Å². The topological polar surface area (TPSA) is 164 Å². The lowest BCUT2D eigenvalue weighted by Crippen LogP contribution is -2.13. The maximum absolute atomic E-state index is 10.9. The van der Waals surface area contributed by atoms with Crippen molar-refractivity contribution >= 4 is 11.9 Å². The van der Waals surface area contributed by atoms with Crippen molar-refractivity contribution < 1.29 is 34.0 Å². The maximum Gasteiger partial charge on any atom is 0.354 e. The van der Waals surface area contributed by atoms with E-state index in [2.05, 4.69) is 15.0 Å². The van der Waals surface area contributed by atoms with Gasteiger partial charge in [-0.15, -0.1) is 0 Å². The fourth-order valence-electron chi connectivity index (χ4n) is 1.50. The zero-order valence-electron chi connectivity index (χ0n) is 12.6. The molecule has 1 rings (SSSR count). The lowest BCUT2D eigenvalue weighted by molar-refractivity contribution is 0.0387. The molecule has 0 saturated carbocycles. The van der Waals surface area contributed by atoms with Gasteiger partial charge in [0.25, 0.3) is 0 Å². The van der Waals surface area contributed by atoms with Crippen LogP contribution in [0.25, 0.3) is 10.4 Å². The number of aromatic carboxylic acids is 2. The molecule has 0 atom stereocenters. The summed E-state index contributed by atoms with van der Waals surface area (Å²) in [7, 11) is 0. The molecule has 0 saturated heterocycles. The molecule has 11 nitrogen and oxygen atoms in total. The average Bonchev–Trinajstić information content (AvgIpc) is 2.56. The first-order valence-electron chi connectivity index (χ1n) is 6.82. The van der Waals surface area contributed by atoms with Crippen LogP contribution >= 0.6 is 0 Å². The Bertz CT molecular complexity index is 584. The highest BCUT2D eigenvalue weighted by molar-refractivity contribution is 5.90. The Balaban J connectivity index is 2.31. The molecule has 0 aliphatic rings. The van der Waals surface area contributed by atoms with Gasteiger partial charge in [0, 0.05) is 23.6 Å². The van der Waals surface area contributed by atoms with Gasteiger partial charge in [0.1, 0.15) is 12.4 Å². The van der Waals surface area contributed by atoms with Crippen molar-refractivity contribution in [1.29, 1.82) is 0 Å². The molecular weight excluding hydrogens is 324 g/mol. The number of azide groups is 1. The van der Waals surface area contributed by atoms with Crippen molar-refractivity contribution in [3.8, 4) is 5.75 Å². The van der Waals surface area contributed by atoms with Crippen molar-refractivity contribution in [2.24, 2.45) is 5.11 Å². The van der Waals surface area contributed by atoms with E-state index in [4.69, 9.17) is 30.0 Å². The van der Waals surface area contributed by atoms with Crippen LogP contribution in [0.5, 0.6) is 5.75 Å². The molecule has 0 spiro atoms. The fraction of sp³-hybridized carbons (Fsp3) is 0.462. The Morgan fingerprint density at radius 3 is 2.12 bits per heavy atom. The predicted molar refractivity (Wildman–Crippen MR) is 79.3 cm³/mol. The number of carboxylic acid groups (broad SMARTS) is 2. The van der Waals surface area contributed by atoms with Gasteiger partial charge in [0.15, 0.2) is 11.4 Å². The molecule has 130 valence electrons. The minimum absolute atomic E-state index is 0.0778. The van der Waals surface area contributed by atoms with Gasteiger partial charge in [-0.3, -0.25) is 0 Å². The molecular formula is C13H16N4O7. The Hall–Kier alpha value is -2.88. The van der Waals surface area contributed by atoms with Gasteiger partial charge in [-0.2, -0.15) is 0 Å². The summed E-state index contributed by atoms with van der Waals surface area (Å²) in [6, 6.07) is 2.27. The number of nitrogens with zero attached hydrogens (tertiary/aromatic N) is 4. The Morgan fingerprint density at radius 2 is 1.58 bits per heavy atom. The highest BCUT2D eigenvalue weighted by Gasteiger charge is 2.13. The second-order valence-corrected chi connectivity index (χ2v) is 4.21. The molecule has 24 heavy (non-hydrogen) atoms. The summed E-state index contributed by atoms with van der Waals surface area (Å²) in [5.41, 5.74) is 7.22. The summed E-state index contributed by atoms with van der Waals surface area (Å²) in [4.78, 5) is 27.8. The first-order chi connectivity index (χ1) is 11.5. The molecule has 0 aliphatic carbocycles. The highest BCUT2D eigenvalue weighted by atomic mass is 16.5. The number of carbonyl (C=O) groups is 2. The first kappa shape index (κ1) is 19.2. The molecule has 1 heterocycles. The zero-order chi connectivity index (χ0) is 17.8. The number of hydrogen-bond donors (Lipinski definition) is 2. The van der Waals surface area contributed by atoms with Crippen LogP contribution in [0, 0.1) is 0 Å². The maximum atomic E-state index is 10.9. The summed E-state index contributed by atoms with van der Waals surface area (Å²) in [6.45, 7) is 1.48. The van der Waals surface area contributed by atoms with Crippen LogP contribution in [0.4, 0.5) is 0 Å². The van der Waals surface area contributed by atoms with Crippen molar-refractivity contribution in [3.63, 3.8) is 0 Å².